The minimum Gasteiger partial charge on any atom is -0.493 e. The van der Waals surface area contributed by atoms with Crippen LogP contribution < -0.4 is 25.6 Å². The van der Waals surface area contributed by atoms with Crippen molar-refractivity contribution in [2.45, 2.75) is 25.6 Å². The monoisotopic (exact) mass is 466 g/mol. The van der Waals surface area contributed by atoms with E-state index < -0.39 is 0 Å². The van der Waals surface area contributed by atoms with Crippen LogP contribution in [0.3, 0.4) is 0 Å². The molecule has 1 aromatic heterocycles. The Morgan fingerprint density at radius 2 is 1.91 bits per heavy atom. The largest absolute Gasteiger partial charge is 0.493 e. The number of rotatable bonds is 8. The molecule has 8 heteroatoms. The Morgan fingerprint density at radius 1 is 1.15 bits per heavy atom. The van der Waals surface area contributed by atoms with Crippen molar-refractivity contribution in [1.82, 2.24) is 21.2 Å². The number of hydrogen-bond acceptors (Lipinski definition) is 6. The Morgan fingerprint density at radius 3 is 2.64 bits per heavy atom. The number of methoxy groups -OCH3 is 1. The maximum atomic E-state index is 13.1. The van der Waals surface area contributed by atoms with Gasteiger partial charge in [0, 0.05) is 24.0 Å². The summed E-state index contributed by atoms with van der Waals surface area (Å²) in [6.45, 7) is 2.91. The van der Waals surface area contributed by atoms with E-state index in [4.69, 9.17) is 21.1 Å². The van der Waals surface area contributed by atoms with E-state index in [1.54, 1.807) is 19.5 Å². The number of carbonyl (C=O) groups excluding carboxylic acids is 1. The second-order valence-electron chi connectivity index (χ2n) is 7.95. The highest BCUT2D eigenvalue weighted by Crippen LogP contribution is 2.32. The molecule has 3 atom stereocenters. The highest BCUT2D eigenvalue weighted by molar-refractivity contribution is 6.30. The molecule has 1 aliphatic heterocycles. The van der Waals surface area contributed by atoms with Gasteiger partial charge < -0.3 is 14.8 Å². The van der Waals surface area contributed by atoms with E-state index >= 15 is 0 Å². The molecule has 0 saturated carbocycles. The first-order valence-electron chi connectivity index (χ1n) is 10.8. The maximum Gasteiger partial charge on any atom is 0.226 e. The topological polar surface area (TPSA) is 84.5 Å². The van der Waals surface area contributed by atoms with Gasteiger partial charge in [0.05, 0.1) is 25.1 Å². The number of hydrogen-bond donors (Lipinski definition) is 3. The Bertz CT molecular complexity index is 1080. The molecule has 0 aliphatic carbocycles. The minimum absolute atomic E-state index is 0.0306. The second kappa shape index (κ2) is 10.7. The Labute approximate surface area is 198 Å². The molecule has 0 spiro atoms. The average Bonchev–Trinajstić information content (AvgIpc) is 3.34. The molecular weight excluding hydrogens is 440 g/mol. The van der Waals surface area contributed by atoms with Gasteiger partial charge in [-0.3, -0.25) is 15.2 Å². The van der Waals surface area contributed by atoms with Gasteiger partial charge in [0.15, 0.2) is 11.5 Å². The van der Waals surface area contributed by atoms with Gasteiger partial charge in [-0.2, -0.15) is 0 Å². The summed E-state index contributed by atoms with van der Waals surface area (Å²) in [6, 6.07) is 16.7. The standard InChI is InChI=1S/C25H27ClN4O3/c1-16(29-25(31)21-14-28-30-24(21)18-3-6-20(26)7-4-18)19-5-8-22(23(13-19)32-2)33-15-17-9-11-27-12-10-17/h3-13,16,21,24,28,30H,14-15H2,1-2H3,(H,29,31). The van der Waals surface area contributed by atoms with E-state index in [9.17, 15) is 4.79 Å². The third kappa shape index (κ3) is 5.63. The maximum absolute atomic E-state index is 13.1. The van der Waals surface area contributed by atoms with E-state index in [-0.39, 0.29) is 23.9 Å². The van der Waals surface area contributed by atoms with Crippen molar-refractivity contribution < 1.29 is 14.3 Å². The van der Waals surface area contributed by atoms with Gasteiger partial charge in [-0.05, 0) is 60.0 Å². The molecule has 4 rings (SSSR count). The third-order valence-corrected chi connectivity index (χ3v) is 5.99. The summed E-state index contributed by atoms with van der Waals surface area (Å²) in [5.41, 5.74) is 9.25. The first kappa shape index (κ1) is 23.0. The summed E-state index contributed by atoms with van der Waals surface area (Å²) >= 11 is 6.00. The number of nitrogens with one attached hydrogen (secondary N) is 3. The van der Waals surface area contributed by atoms with Crippen molar-refractivity contribution >= 4 is 17.5 Å². The van der Waals surface area contributed by atoms with E-state index in [0.29, 0.717) is 29.7 Å². The fourth-order valence-electron chi connectivity index (χ4n) is 3.84. The Kier molecular flexibility index (Phi) is 7.44. The lowest BCUT2D eigenvalue weighted by molar-refractivity contribution is -0.125. The van der Waals surface area contributed by atoms with Crippen molar-refractivity contribution in [3.05, 3.63) is 88.7 Å². The first-order chi connectivity index (χ1) is 16.0. The Balaban J connectivity index is 1.41. The van der Waals surface area contributed by atoms with Crippen molar-refractivity contribution in [1.29, 1.82) is 0 Å². The fourth-order valence-corrected chi connectivity index (χ4v) is 3.97. The van der Waals surface area contributed by atoms with E-state index in [1.165, 1.54) is 0 Å². The molecule has 0 radical (unpaired) electrons. The average molecular weight is 467 g/mol. The number of aromatic nitrogens is 1. The third-order valence-electron chi connectivity index (χ3n) is 5.74. The van der Waals surface area contributed by atoms with Crippen LogP contribution in [0.1, 0.15) is 35.7 Å². The number of ether oxygens (including phenoxy) is 2. The van der Waals surface area contributed by atoms with E-state index in [1.807, 2.05) is 61.5 Å². The smallest absolute Gasteiger partial charge is 0.226 e. The van der Waals surface area contributed by atoms with E-state index in [2.05, 4.69) is 21.2 Å². The lowest BCUT2D eigenvalue weighted by Crippen LogP contribution is -2.36. The quantitative estimate of drug-likeness (QED) is 0.466. The minimum atomic E-state index is -0.251. The molecule has 33 heavy (non-hydrogen) atoms. The molecule has 2 heterocycles. The van der Waals surface area contributed by atoms with Gasteiger partial charge in [0.25, 0.3) is 0 Å². The predicted octanol–water partition coefficient (Wildman–Crippen LogP) is 3.97. The van der Waals surface area contributed by atoms with Crippen molar-refractivity contribution in [3.63, 3.8) is 0 Å². The summed E-state index contributed by atoms with van der Waals surface area (Å²) in [6.07, 6.45) is 3.46. The van der Waals surface area contributed by atoms with Crippen molar-refractivity contribution in [3.8, 4) is 11.5 Å². The van der Waals surface area contributed by atoms with Gasteiger partial charge in [0.2, 0.25) is 5.91 Å². The number of pyridine rings is 1. The summed E-state index contributed by atoms with van der Waals surface area (Å²) in [5.74, 6) is 0.977. The summed E-state index contributed by atoms with van der Waals surface area (Å²) in [4.78, 5) is 17.1. The SMILES string of the molecule is COc1cc(C(C)NC(=O)C2CNNC2c2ccc(Cl)cc2)ccc1OCc1ccncc1. The fraction of sp³-hybridized carbons (Fsp3) is 0.280. The van der Waals surface area contributed by atoms with Crippen LogP contribution in [0.25, 0.3) is 0 Å². The van der Waals surface area contributed by atoms with Gasteiger partial charge in [-0.1, -0.05) is 29.8 Å². The van der Waals surface area contributed by atoms with Crippen LogP contribution in [0, 0.1) is 5.92 Å². The molecule has 1 fully saturated rings. The number of halogens is 1. The molecule has 3 unspecified atom stereocenters. The molecular formula is C25H27ClN4O3. The number of benzene rings is 2. The molecule has 3 N–H and O–H groups in total. The normalized spacial score (nSPS) is 18.5. The summed E-state index contributed by atoms with van der Waals surface area (Å²) in [7, 11) is 1.61. The predicted molar refractivity (Wildman–Crippen MR) is 127 cm³/mol. The lowest BCUT2D eigenvalue weighted by atomic mass is 9.93. The molecule has 1 saturated heterocycles. The van der Waals surface area contributed by atoms with E-state index in [0.717, 1.165) is 16.7 Å². The number of amides is 1. The number of nitrogens with zero attached hydrogens (tertiary/aromatic N) is 1. The van der Waals surface area contributed by atoms with Crippen LogP contribution in [-0.4, -0.2) is 24.5 Å². The number of carbonyl (C=O) groups is 1. The van der Waals surface area contributed by atoms with Crippen molar-refractivity contribution in [2.24, 2.45) is 5.92 Å². The zero-order chi connectivity index (χ0) is 23.2. The van der Waals surface area contributed by atoms with Gasteiger partial charge in [-0.15, -0.1) is 0 Å². The van der Waals surface area contributed by atoms with Crippen LogP contribution in [0.5, 0.6) is 11.5 Å². The molecule has 3 aromatic rings. The zero-order valence-electron chi connectivity index (χ0n) is 18.5. The molecule has 1 amide bonds. The molecule has 7 nitrogen and oxygen atoms in total. The summed E-state index contributed by atoms with van der Waals surface area (Å²) < 4.78 is 11.4. The van der Waals surface area contributed by atoms with Crippen molar-refractivity contribution in [2.75, 3.05) is 13.7 Å². The lowest BCUT2D eigenvalue weighted by Gasteiger charge is -2.22. The first-order valence-corrected chi connectivity index (χ1v) is 11.2. The molecule has 2 aromatic carbocycles. The van der Waals surface area contributed by atoms with Crippen LogP contribution in [0.4, 0.5) is 0 Å². The Hall–Kier alpha value is -3.13. The van der Waals surface area contributed by atoms with Crippen LogP contribution in [0.15, 0.2) is 67.0 Å². The highest BCUT2D eigenvalue weighted by atomic mass is 35.5. The molecule has 0 bridgehead atoms. The second-order valence-corrected chi connectivity index (χ2v) is 8.38. The highest BCUT2D eigenvalue weighted by Gasteiger charge is 2.34. The number of hydrazine groups is 1. The van der Waals surface area contributed by atoms with Gasteiger partial charge in [0.1, 0.15) is 6.61 Å². The zero-order valence-corrected chi connectivity index (χ0v) is 19.3. The van der Waals surface area contributed by atoms with Crippen LogP contribution in [0.2, 0.25) is 5.02 Å². The van der Waals surface area contributed by atoms with Gasteiger partial charge in [-0.25, -0.2) is 5.43 Å². The summed E-state index contributed by atoms with van der Waals surface area (Å²) in [5, 5.41) is 3.80. The molecule has 172 valence electrons. The van der Waals surface area contributed by atoms with Crippen LogP contribution in [-0.2, 0) is 11.4 Å². The molecule has 1 aliphatic rings. The van der Waals surface area contributed by atoms with Gasteiger partial charge >= 0.3 is 0 Å². The van der Waals surface area contributed by atoms with Crippen LogP contribution >= 0.6 is 11.6 Å².